The zero-order chi connectivity index (χ0) is 15.7. The van der Waals surface area contributed by atoms with Gasteiger partial charge in [-0.15, -0.1) is 0 Å². The molecule has 1 saturated carbocycles. The number of thioether (sulfide) groups is 1. The molecule has 2 aliphatic rings. The molecule has 0 saturated heterocycles. The summed E-state index contributed by atoms with van der Waals surface area (Å²) in [4.78, 5) is 15.4. The Balaban J connectivity index is 2.07. The van der Waals surface area contributed by atoms with Crippen molar-refractivity contribution in [2.75, 3.05) is 5.75 Å². The highest BCUT2D eigenvalue weighted by Gasteiger charge is 2.48. The maximum Gasteiger partial charge on any atom is 0.410 e. The fourth-order valence-electron chi connectivity index (χ4n) is 3.33. The second-order valence-corrected chi connectivity index (χ2v) is 6.64. The molecule has 3 rings (SSSR count). The van der Waals surface area contributed by atoms with Gasteiger partial charge < -0.3 is 5.11 Å². The van der Waals surface area contributed by atoms with Gasteiger partial charge in [0.15, 0.2) is 5.17 Å². The standard InChI is InChI=1S/C15H16F2N2O2S/c16-10-5-6-15(11-3-1-2-4-12(11)17)9(7-10)8-22-13(19-15)18-14(20)21/h1-4,9-10H,5-8H2,(H,18,19)(H,20,21). The van der Waals surface area contributed by atoms with Crippen LogP contribution in [0, 0.1) is 11.7 Å². The van der Waals surface area contributed by atoms with E-state index in [0.717, 1.165) is 0 Å². The molecule has 1 heterocycles. The highest BCUT2D eigenvalue weighted by Crippen LogP contribution is 2.50. The number of alkyl halides is 1. The van der Waals surface area contributed by atoms with Crippen molar-refractivity contribution < 1.29 is 18.7 Å². The summed E-state index contributed by atoms with van der Waals surface area (Å²) >= 11 is 1.25. The first-order valence-electron chi connectivity index (χ1n) is 7.13. The number of halogens is 2. The van der Waals surface area contributed by atoms with E-state index in [0.29, 0.717) is 30.6 Å². The molecule has 1 aromatic rings. The molecular formula is C15H16F2N2O2S. The smallest absolute Gasteiger partial charge is 0.410 e. The first-order chi connectivity index (χ1) is 10.5. The van der Waals surface area contributed by atoms with E-state index < -0.39 is 17.8 Å². The van der Waals surface area contributed by atoms with Crippen LogP contribution in [0.1, 0.15) is 24.8 Å². The molecule has 1 aliphatic heterocycles. The van der Waals surface area contributed by atoms with Gasteiger partial charge in [0.1, 0.15) is 12.0 Å². The zero-order valence-electron chi connectivity index (χ0n) is 11.8. The van der Waals surface area contributed by atoms with E-state index in [1.54, 1.807) is 18.2 Å². The Morgan fingerprint density at radius 2 is 2.23 bits per heavy atom. The Bertz CT molecular complexity index is 625. The lowest BCUT2D eigenvalue weighted by Crippen LogP contribution is -2.46. The molecule has 1 aromatic carbocycles. The van der Waals surface area contributed by atoms with Crippen molar-refractivity contribution in [1.82, 2.24) is 5.32 Å². The van der Waals surface area contributed by atoms with Crippen LogP contribution in [0.25, 0.3) is 0 Å². The number of aliphatic imine (C=N–C) groups is 1. The number of carbonyl (C=O) groups is 1. The topological polar surface area (TPSA) is 61.7 Å². The van der Waals surface area contributed by atoms with Gasteiger partial charge in [-0.25, -0.2) is 13.6 Å². The Morgan fingerprint density at radius 3 is 2.95 bits per heavy atom. The highest BCUT2D eigenvalue weighted by atomic mass is 32.2. The normalized spacial score (nSPS) is 31.1. The van der Waals surface area contributed by atoms with Gasteiger partial charge in [-0.1, -0.05) is 30.0 Å². The molecule has 3 atom stereocenters. The fourth-order valence-corrected chi connectivity index (χ4v) is 4.49. The van der Waals surface area contributed by atoms with Crippen molar-refractivity contribution >= 4 is 23.0 Å². The maximum atomic E-state index is 14.3. The molecule has 3 unspecified atom stereocenters. The molecule has 4 nitrogen and oxygen atoms in total. The van der Waals surface area contributed by atoms with Crippen LogP contribution >= 0.6 is 11.8 Å². The van der Waals surface area contributed by atoms with Gasteiger partial charge in [0.05, 0.1) is 5.54 Å². The van der Waals surface area contributed by atoms with Crippen molar-refractivity contribution in [3.8, 4) is 0 Å². The molecule has 118 valence electrons. The number of benzene rings is 1. The monoisotopic (exact) mass is 326 g/mol. The first kappa shape index (κ1) is 15.3. The molecular weight excluding hydrogens is 310 g/mol. The lowest BCUT2D eigenvalue weighted by molar-refractivity contribution is 0.123. The van der Waals surface area contributed by atoms with Crippen molar-refractivity contribution in [3.05, 3.63) is 35.6 Å². The summed E-state index contributed by atoms with van der Waals surface area (Å²) in [6, 6.07) is 6.36. The average Bonchev–Trinajstić information content (AvgIpc) is 2.47. The van der Waals surface area contributed by atoms with Gasteiger partial charge in [0, 0.05) is 17.2 Å². The molecule has 1 aliphatic carbocycles. The largest absolute Gasteiger partial charge is 0.465 e. The highest BCUT2D eigenvalue weighted by molar-refractivity contribution is 8.13. The van der Waals surface area contributed by atoms with Crippen LogP contribution < -0.4 is 5.32 Å². The Labute approximate surface area is 131 Å². The van der Waals surface area contributed by atoms with Crippen molar-refractivity contribution in [3.63, 3.8) is 0 Å². The number of amides is 1. The minimum atomic E-state index is -1.20. The van der Waals surface area contributed by atoms with Crippen molar-refractivity contribution in [2.45, 2.75) is 31.0 Å². The van der Waals surface area contributed by atoms with Crippen LogP contribution in [0.3, 0.4) is 0 Å². The van der Waals surface area contributed by atoms with E-state index in [1.807, 2.05) is 0 Å². The van der Waals surface area contributed by atoms with Crippen molar-refractivity contribution in [2.24, 2.45) is 10.9 Å². The third kappa shape index (κ3) is 2.69. The van der Waals surface area contributed by atoms with E-state index in [1.165, 1.54) is 17.8 Å². The summed E-state index contributed by atoms with van der Waals surface area (Å²) in [5.74, 6) is 0.000979. The third-order valence-corrected chi connectivity index (χ3v) is 5.37. The Hall–Kier alpha value is -1.63. The zero-order valence-corrected chi connectivity index (χ0v) is 12.6. The summed E-state index contributed by atoms with van der Waals surface area (Å²) < 4.78 is 28.1. The second kappa shape index (κ2) is 5.87. The van der Waals surface area contributed by atoms with Crippen molar-refractivity contribution in [1.29, 1.82) is 0 Å². The third-order valence-electron chi connectivity index (χ3n) is 4.33. The van der Waals surface area contributed by atoms with Crippen LogP contribution in [-0.4, -0.2) is 28.3 Å². The van der Waals surface area contributed by atoms with Crippen LogP contribution in [0.5, 0.6) is 0 Å². The molecule has 22 heavy (non-hydrogen) atoms. The number of rotatable bonds is 1. The van der Waals surface area contributed by atoms with Crippen LogP contribution in [0.2, 0.25) is 0 Å². The molecule has 7 heteroatoms. The van der Waals surface area contributed by atoms with E-state index in [2.05, 4.69) is 10.3 Å². The molecule has 2 N–H and O–H groups in total. The van der Waals surface area contributed by atoms with Gasteiger partial charge in [-0.2, -0.15) is 0 Å². The van der Waals surface area contributed by atoms with E-state index in [9.17, 15) is 13.6 Å². The molecule has 0 aromatic heterocycles. The Morgan fingerprint density at radius 1 is 1.45 bits per heavy atom. The minimum absolute atomic E-state index is 0.141. The Kier molecular flexibility index (Phi) is 4.08. The average molecular weight is 326 g/mol. The first-order valence-corrected chi connectivity index (χ1v) is 8.11. The molecule has 1 amide bonds. The van der Waals surface area contributed by atoms with Gasteiger partial charge in [0.25, 0.3) is 0 Å². The van der Waals surface area contributed by atoms with Gasteiger partial charge in [-0.05, 0) is 25.3 Å². The lowest BCUT2D eigenvalue weighted by Gasteiger charge is -2.45. The molecule has 0 radical (unpaired) electrons. The summed E-state index contributed by atoms with van der Waals surface area (Å²) in [5.41, 5.74) is -0.450. The van der Waals surface area contributed by atoms with E-state index in [-0.39, 0.29) is 16.9 Å². The SMILES string of the molecule is O=C(O)NC1=NC2(c3ccccc3F)CCC(F)CC2CS1. The van der Waals surface area contributed by atoms with E-state index >= 15 is 0 Å². The lowest BCUT2D eigenvalue weighted by atomic mass is 9.69. The number of carboxylic acid groups (broad SMARTS) is 1. The second-order valence-electron chi connectivity index (χ2n) is 5.63. The number of fused-ring (bicyclic) bond motifs is 1. The number of hydrogen-bond donors (Lipinski definition) is 2. The van der Waals surface area contributed by atoms with E-state index in [4.69, 9.17) is 5.11 Å². The maximum absolute atomic E-state index is 14.3. The number of hydrogen-bond acceptors (Lipinski definition) is 3. The van der Waals surface area contributed by atoms with Crippen LogP contribution in [0.4, 0.5) is 13.6 Å². The van der Waals surface area contributed by atoms with Gasteiger partial charge in [0.2, 0.25) is 0 Å². The van der Waals surface area contributed by atoms with Gasteiger partial charge in [-0.3, -0.25) is 10.3 Å². The van der Waals surface area contributed by atoms with Crippen LogP contribution in [0.15, 0.2) is 29.3 Å². The molecule has 1 fully saturated rings. The summed E-state index contributed by atoms with van der Waals surface area (Å²) in [7, 11) is 0. The molecule has 0 bridgehead atoms. The predicted molar refractivity (Wildman–Crippen MR) is 81.4 cm³/mol. The quantitative estimate of drug-likeness (QED) is 0.830. The number of nitrogens with one attached hydrogen (secondary N) is 1. The molecule has 0 spiro atoms. The number of nitrogens with zero attached hydrogens (tertiary/aromatic N) is 1. The summed E-state index contributed by atoms with van der Waals surface area (Å²) in [5, 5.41) is 11.4. The summed E-state index contributed by atoms with van der Waals surface area (Å²) in [6.07, 6.45) is -1.10. The summed E-state index contributed by atoms with van der Waals surface area (Å²) in [6.45, 7) is 0. The van der Waals surface area contributed by atoms with Gasteiger partial charge >= 0.3 is 6.09 Å². The predicted octanol–water partition coefficient (Wildman–Crippen LogP) is 3.53. The fraction of sp³-hybridized carbons (Fsp3) is 0.467. The van der Waals surface area contributed by atoms with Crippen LogP contribution in [-0.2, 0) is 5.54 Å². The minimum Gasteiger partial charge on any atom is -0.465 e. The number of amidine groups is 1.